The van der Waals surface area contributed by atoms with E-state index in [1.807, 2.05) is 38.1 Å². The molecule has 4 rings (SSSR count). The molecule has 0 radical (unpaired) electrons. The Morgan fingerprint density at radius 3 is 2.61 bits per heavy atom. The summed E-state index contributed by atoms with van der Waals surface area (Å²) in [6.07, 6.45) is 2.73. The van der Waals surface area contributed by atoms with Crippen molar-refractivity contribution in [1.29, 1.82) is 0 Å². The number of rotatable bonds is 4. The van der Waals surface area contributed by atoms with E-state index in [2.05, 4.69) is 20.4 Å². The van der Waals surface area contributed by atoms with Gasteiger partial charge in [-0.05, 0) is 19.9 Å². The van der Waals surface area contributed by atoms with Crippen LogP contribution in [0.3, 0.4) is 0 Å². The van der Waals surface area contributed by atoms with Crippen LogP contribution < -0.4 is 11.1 Å². The number of carbonyl (C=O) groups excluding carboxylic acids is 2. The SMILES string of the molecule is Cc1ccc(-c2nc(NC(=O)c3ccnc4c(C(N)=O)cnn34)sc2C)cc1. The molecule has 0 atom stereocenters. The van der Waals surface area contributed by atoms with E-state index in [0.717, 1.165) is 16.1 Å². The number of nitrogens with one attached hydrogen (secondary N) is 1. The highest BCUT2D eigenvalue weighted by molar-refractivity contribution is 7.16. The van der Waals surface area contributed by atoms with Crippen LogP contribution in [0.5, 0.6) is 0 Å². The Labute approximate surface area is 164 Å². The molecule has 2 amide bonds. The van der Waals surface area contributed by atoms with Gasteiger partial charge in [-0.3, -0.25) is 14.9 Å². The highest BCUT2D eigenvalue weighted by Gasteiger charge is 2.18. The summed E-state index contributed by atoms with van der Waals surface area (Å²) in [5.74, 6) is -1.06. The van der Waals surface area contributed by atoms with Crippen molar-refractivity contribution in [3.8, 4) is 11.3 Å². The molecule has 140 valence electrons. The van der Waals surface area contributed by atoms with Crippen molar-refractivity contribution in [2.24, 2.45) is 5.73 Å². The first-order valence-electron chi connectivity index (χ1n) is 8.42. The first kappa shape index (κ1) is 17.8. The summed E-state index contributed by atoms with van der Waals surface area (Å²) in [7, 11) is 0. The van der Waals surface area contributed by atoms with Gasteiger partial charge in [0.2, 0.25) is 0 Å². The van der Waals surface area contributed by atoms with Crippen LogP contribution in [0.1, 0.15) is 31.3 Å². The second-order valence-electron chi connectivity index (χ2n) is 6.23. The number of nitrogens with two attached hydrogens (primary N) is 1. The molecule has 0 aliphatic heterocycles. The molecule has 0 saturated carbocycles. The van der Waals surface area contributed by atoms with E-state index in [0.29, 0.717) is 5.13 Å². The number of aromatic nitrogens is 4. The van der Waals surface area contributed by atoms with Gasteiger partial charge in [-0.25, -0.2) is 14.5 Å². The van der Waals surface area contributed by atoms with Crippen LogP contribution in [-0.4, -0.2) is 31.4 Å². The number of anilines is 1. The molecule has 0 aliphatic rings. The maximum atomic E-state index is 12.8. The molecule has 3 heterocycles. The van der Waals surface area contributed by atoms with Gasteiger partial charge < -0.3 is 5.73 Å². The second kappa shape index (κ2) is 6.86. The number of carbonyl (C=O) groups is 2. The van der Waals surface area contributed by atoms with Gasteiger partial charge in [-0.2, -0.15) is 5.10 Å². The number of hydrogen-bond donors (Lipinski definition) is 2. The van der Waals surface area contributed by atoms with Crippen LogP contribution in [0.25, 0.3) is 16.9 Å². The number of thiazole rings is 1. The Hall–Kier alpha value is -3.59. The lowest BCUT2D eigenvalue weighted by Crippen LogP contribution is -2.17. The summed E-state index contributed by atoms with van der Waals surface area (Å²) in [4.78, 5) is 33.9. The summed E-state index contributed by atoms with van der Waals surface area (Å²) in [5.41, 5.74) is 8.91. The molecule has 28 heavy (non-hydrogen) atoms. The molecule has 9 heteroatoms. The third kappa shape index (κ3) is 3.12. The van der Waals surface area contributed by atoms with Crippen molar-refractivity contribution < 1.29 is 9.59 Å². The van der Waals surface area contributed by atoms with Crippen LogP contribution in [0.15, 0.2) is 42.7 Å². The molecule has 3 aromatic heterocycles. The topological polar surface area (TPSA) is 115 Å². The molecule has 4 aromatic rings. The van der Waals surface area contributed by atoms with Crippen molar-refractivity contribution in [2.45, 2.75) is 13.8 Å². The maximum Gasteiger partial charge on any atom is 0.276 e. The van der Waals surface area contributed by atoms with E-state index in [9.17, 15) is 9.59 Å². The quantitative estimate of drug-likeness (QED) is 0.554. The van der Waals surface area contributed by atoms with Gasteiger partial charge in [0.05, 0.1) is 11.9 Å². The van der Waals surface area contributed by atoms with Crippen molar-refractivity contribution in [3.05, 3.63) is 64.4 Å². The fourth-order valence-electron chi connectivity index (χ4n) is 2.83. The van der Waals surface area contributed by atoms with Gasteiger partial charge >= 0.3 is 0 Å². The zero-order valence-electron chi connectivity index (χ0n) is 15.1. The van der Waals surface area contributed by atoms with Crippen LogP contribution in [0.2, 0.25) is 0 Å². The Kier molecular flexibility index (Phi) is 4.36. The largest absolute Gasteiger partial charge is 0.365 e. The van der Waals surface area contributed by atoms with E-state index in [-0.39, 0.29) is 16.9 Å². The van der Waals surface area contributed by atoms with Gasteiger partial charge in [-0.1, -0.05) is 29.8 Å². The molecule has 0 fully saturated rings. The van der Waals surface area contributed by atoms with Crippen LogP contribution in [-0.2, 0) is 0 Å². The molecule has 1 aromatic carbocycles. The van der Waals surface area contributed by atoms with Gasteiger partial charge in [0.1, 0.15) is 11.3 Å². The van der Waals surface area contributed by atoms with Gasteiger partial charge in [0.25, 0.3) is 11.8 Å². The number of fused-ring (bicyclic) bond motifs is 1. The predicted octanol–water partition coefficient (Wildman–Crippen LogP) is 2.82. The lowest BCUT2D eigenvalue weighted by atomic mass is 10.1. The molecule has 0 spiro atoms. The molecule has 0 saturated heterocycles. The van der Waals surface area contributed by atoms with Crippen LogP contribution in [0.4, 0.5) is 5.13 Å². The summed E-state index contributed by atoms with van der Waals surface area (Å²) in [6.45, 7) is 3.98. The monoisotopic (exact) mass is 392 g/mol. The minimum atomic E-state index is -0.654. The lowest BCUT2D eigenvalue weighted by Gasteiger charge is -2.04. The van der Waals surface area contributed by atoms with E-state index in [1.165, 1.54) is 39.9 Å². The Morgan fingerprint density at radius 2 is 1.89 bits per heavy atom. The summed E-state index contributed by atoms with van der Waals surface area (Å²) in [5, 5.41) is 7.33. The Balaban J connectivity index is 1.64. The number of amides is 2. The summed E-state index contributed by atoms with van der Waals surface area (Å²) < 4.78 is 1.29. The molecule has 8 nitrogen and oxygen atoms in total. The fraction of sp³-hybridized carbons (Fsp3) is 0.105. The number of primary amides is 1. The minimum Gasteiger partial charge on any atom is -0.365 e. The fourth-order valence-corrected chi connectivity index (χ4v) is 3.66. The lowest BCUT2D eigenvalue weighted by molar-refractivity contribution is 0.0996. The average Bonchev–Trinajstić information content (AvgIpc) is 3.25. The van der Waals surface area contributed by atoms with E-state index < -0.39 is 11.8 Å². The number of benzene rings is 1. The van der Waals surface area contributed by atoms with Crippen molar-refractivity contribution in [1.82, 2.24) is 19.6 Å². The minimum absolute atomic E-state index is 0.154. The van der Waals surface area contributed by atoms with Crippen molar-refractivity contribution >= 4 is 33.9 Å². The van der Waals surface area contributed by atoms with Crippen LogP contribution in [0, 0.1) is 13.8 Å². The predicted molar refractivity (Wildman–Crippen MR) is 106 cm³/mol. The summed E-state index contributed by atoms with van der Waals surface area (Å²) in [6, 6.07) is 9.57. The first-order valence-corrected chi connectivity index (χ1v) is 9.24. The Bertz CT molecular complexity index is 1210. The zero-order chi connectivity index (χ0) is 19.8. The zero-order valence-corrected chi connectivity index (χ0v) is 15.9. The molecule has 0 bridgehead atoms. The molecular formula is C19H16N6O2S. The van der Waals surface area contributed by atoms with E-state index in [4.69, 9.17) is 5.73 Å². The first-order chi connectivity index (χ1) is 13.4. The molecule has 0 unspecified atom stereocenters. The standard InChI is InChI=1S/C19H16N6O2S/c1-10-3-5-12(6-4-10)15-11(2)28-19(23-15)24-18(27)14-7-8-21-17-13(16(20)26)9-22-25(14)17/h3-9H,1-2H3,(H2,20,26)(H,23,24,27). The number of aryl methyl sites for hydroxylation is 2. The van der Waals surface area contributed by atoms with Gasteiger partial charge in [0.15, 0.2) is 10.8 Å². The van der Waals surface area contributed by atoms with Gasteiger partial charge in [-0.15, -0.1) is 11.3 Å². The molecule has 0 aliphatic carbocycles. The third-order valence-corrected chi connectivity index (χ3v) is 5.13. The second-order valence-corrected chi connectivity index (χ2v) is 7.44. The highest BCUT2D eigenvalue weighted by Crippen LogP contribution is 2.30. The molecular weight excluding hydrogens is 376 g/mol. The summed E-state index contributed by atoms with van der Waals surface area (Å²) >= 11 is 1.39. The van der Waals surface area contributed by atoms with E-state index >= 15 is 0 Å². The normalized spacial score (nSPS) is 10.9. The Morgan fingerprint density at radius 1 is 1.14 bits per heavy atom. The van der Waals surface area contributed by atoms with Crippen molar-refractivity contribution in [2.75, 3.05) is 5.32 Å². The number of nitrogens with zero attached hydrogens (tertiary/aromatic N) is 4. The van der Waals surface area contributed by atoms with Crippen molar-refractivity contribution in [3.63, 3.8) is 0 Å². The molecule has 3 N–H and O–H groups in total. The smallest absolute Gasteiger partial charge is 0.276 e. The highest BCUT2D eigenvalue weighted by atomic mass is 32.1. The maximum absolute atomic E-state index is 12.8. The van der Waals surface area contributed by atoms with E-state index in [1.54, 1.807) is 0 Å². The number of hydrogen-bond acceptors (Lipinski definition) is 6. The third-order valence-electron chi connectivity index (χ3n) is 4.24. The van der Waals surface area contributed by atoms with Gasteiger partial charge in [0, 0.05) is 16.6 Å². The average molecular weight is 392 g/mol. The van der Waals surface area contributed by atoms with Crippen LogP contribution >= 0.6 is 11.3 Å².